The van der Waals surface area contributed by atoms with Gasteiger partial charge < -0.3 is 0 Å². The van der Waals surface area contributed by atoms with Gasteiger partial charge in [0.05, 0.1) is 16.7 Å². The molecule has 0 fully saturated rings. The van der Waals surface area contributed by atoms with Crippen molar-refractivity contribution in [1.29, 1.82) is 0 Å². The standard InChI is InChI=1S/C11H13ClN2/c1-3-7(2)8-4-5-10-9(11(8)12)6-13-14-10/h4-7H,3H2,1-2H3,(H,13,14). The van der Waals surface area contributed by atoms with Crippen LogP contribution in [0.2, 0.25) is 5.02 Å². The van der Waals surface area contributed by atoms with Gasteiger partial charge in [-0.25, -0.2) is 0 Å². The Labute approximate surface area is 88.3 Å². The molecule has 3 heteroatoms. The molecule has 2 aromatic rings. The summed E-state index contributed by atoms with van der Waals surface area (Å²) in [4.78, 5) is 0. The Bertz CT molecular complexity index is 447. The van der Waals surface area contributed by atoms with E-state index in [1.54, 1.807) is 6.20 Å². The van der Waals surface area contributed by atoms with E-state index in [4.69, 9.17) is 11.6 Å². The van der Waals surface area contributed by atoms with Gasteiger partial charge in [0.25, 0.3) is 0 Å². The first kappa shape index (κ1) is 9.53. The minimum absolute atomic E-state index is 0.502. The largest absolute Gasteiger partial charge is 0.278 e. The molecule has 74 valence electrons. The van der Waals surface area contributed by atoms with E-state index in [0.29, 0.717) is 5.92 Å². The molecule has 0 saturated carbocycles. The number of nitrogens with one attached hydrogen (secondary N) is 1. The maximum Gasteiger partial charge on any atom is 0.0665 e. The second-order valence-corrected chi connectivity index (χ2v) is 3.99. The van der Waals surface area contributed by atoms with E-state index in [2.05, 4.69) is 30.1 Å². The van der Waals surface area contributed by atoms with Gasteiger partial charge in [-0.3, -0.25) is 5.10 Å². The van der Waals surface area contributed by atoms with Crippen LogP contribution in [0.25, 0.3) is 10.9 Å². The van der Waals surface area contributed by atoms with E-state index in [1.165, 1.54) is 5.56 Å². The van der Waals surface area contributed by atoms with E-state index in [-0.39, 0.29) is 0 Å². The summed E-state index contributed by atoms with van der Waals surface area (Å²) in [5.74, 6) is 0.502. The average Bonchev–Trinajstić information content (AvgIpc) is 2.66. The zero-order chi connectivity index (χ0) is 10.1. The van der Waals surface area contributed by atoms with Crippen LogP contribution in [0.15, 0.2) is 18.3 Å². The molecular weight excluding hydrogens is 196 g/mol. The van der Waals surface area contributed by atoms with Crippen LogP contribution >= 0.6 is 11.6 Å². The minimum Gasteiger partial charge on any atom is -0.278 e. The van der Waals surface area contributed by atoms with Crippen molar-refractivity contribution in [1.82, 2.24) is 10.2 Å². The zero-order valence-corrected chi connectivity index (χ0v) is 9.10. The van der Waals surface area contributed by atoms with Gasteiger partial charge in [-0.1, -0.05) is 31.5 Å². The predicted octanol–water partition coefficient (Wildman–Crippen LogP) is 3.73. The van der Waals surface area contributed by atoms with Gasteiger partial charge in [-0.2, -0.15) is 5.10 Å². The quantitative estimate of drug-likeness (QED) is 0.801. The topological polar surface area (TPSA) is 28.7 Å². The van der Waals surface area contributed by atoms with Crippen LogP contribution in [0.1, 0.15) is 31.7 Å². The molecule has 1 unspecified atom stereocenters. The fourth-order valence-electron chi connectivity index (χ4n) is 1.60. The minimum atomic E-state index is 0.502. The molecule has 1 aromatic carbocycles. The Morgan fingerprint density at radius 2 is 2.29 bits per heavy atom. The third kappa shape index (κ3) is 1.40. The summed E-state index contributed by atoms with van der Waals surface area (Å²) in [6.07, 6.45) is 2.88. The average molecular weight is 209 g/mol. The molecule has 1 heterocycles. The van der Waals surface area contributed by atoms with E-state index in [1.807, 2.05) is 6.07 Å². The predicted molar refractivity (Wildman–Crippen MR) is 59.8 cm³/mol. The van der Waals surface area contributed by atoms with Crippen molar-refractivity contribution in [3.63, 3.8) is 0 Å². The Kier molecular flexibility index (Phi) is 2.46. The lowest BCUT2D eigenvalue weighted by Crippen LogP contribution is -1.92. The third-order valence-corrected chi connectivity index (χ3v) is 3.15. The molecule has 2 nitrogen and oxygen atoms in total. The summed E-state index contributed by atoms with van der Waals surface area (Å²) in [6.45, 7) is 4.35. The molecule has 0 amide bonds. The number of aromatic nitrogens is 2. The summed E-state index contributed by atoms with van der Waals surface area (Å²) in [5.41, 5.74) is 2.21. The van der Waals surface area contributed by atoms with Crippen molar-refractivity contribution in [3.05, 3.63) is 28.9 Å². The fraction of sp³-hybridized carbons (Fsp3) is 0.364. The van der Waals surface area contributed by atoms with Crippen LogP contribution in [0, 0.1) is 0 Å². The summed E-state index contributed by atoms with van der Waals surface area (Å²) >= 11 is 6.30. The highest BCUT2D eigenvalue weighted by atomic mass is 35.5. The second-order valence-electron chi connectivity index (χ2n) is 3.61. The molecule has 1 aromatic heterocycles. The number of fused-ring (bicyclic) bond motifs is 1. The first-order valence-electron chi connectivity index (χ1n) is 4.85. The van der Waals surface area contributed by atoms with Crippen LogP contribution < -0.4 is 0 Å². The fourth-order valence-corrected chi connectivity index (χ4v) is 2.00. The lowest BCUT2D eigenvalue weighted by Gasteiger charge is -2.11. The van der Waals surface area contributed by atoms with Crippen molar-refractivity contribution in [2.24, 2.45) is 0 Å². The molecule has 0 aliphatic carbocycles. The van der Waals surface area contributed by atoms with E-state index < -0.39 is 0 Å². The summed E-state index contributed by atoms with van der Waals surface area (Å²) < 4.78 is 0. The van der Waals surface area contributed by atoms with E-state index in [9.17, 15) is 0 Å². The van der Waals surface area contributed by atoms with Gasteiger partial charge in [0.1, 0.15) is 0 Å². The highest BCUT2D eigenvalue weighted by Crippen LogP contribution is 2.32. The number of aromatic amines is 1. The number of rotatable bonds is 2. The lowest BCUT2D eigenvalue weighted by molar-refractivity contribution is 0.735. The number of H-pyrrole nitrogens is 1. The van der Waals surface area contributed by atoms with Gasteiger partial charge >= 0.3 is 0 Å². The van der Waals surface area contributed by atoms with Crippen molar-refractivity contribution in [2.45, 2.75) is 26.2 Å². The maximum absolute atomic E-state index is 6.30. The van der Waals surface area contributed by atoms with Gasteiger partial charge in [0.15, 0.2) is 0 Å². The van der Waals surface area contributed by atoms with Crippen molar-refractivity contribution in [3.8, 4) is 0 Å². The first-order valence-corrected chi connectivity index (χ1v) is 5.23. The number of halogens is 1. The Balaban J connectivity index is 2.61. The molecule has 0 bridgehead atoms. The molecule has 0 saturated heterocycles. The van der Waals surface area contributed by atoms with Crippen LogP contribution in [0.4, 0.5) is 0 Å². The Hall–Kier alpha value is -1.02. The van der Waals surface area contributed by atoms with Gasteiger partial charge in [-0.05, 0) is 24.0 Å². The van der Waals surface area contributed by atoms with Crippen molar-refractivity contribution in [2.75, 3.05) is 0 Å². The lowest BCUT2D eigenvalue weighted by atomic mass is 9.97. The summed E-state index contributed by atoms with van der Waals surface area (Å²) in [6, 6.07) is 4.12. The number of hydrogen-bond donors (Lipinski definition) is 1. The van der Waals surface area contributed by atoms with Crippen LogP contribution in [0.5, 0.6) is 0 Å². The van der Waals surface area contributed by atoms with Crippen LogP contribution in [-0.2, 0) is 0 Å². The van der Waals surface area contributed by atoms with Crippen LogP contribution in [0.3, 0.4) is 0 Å². The number of hydrogen-bond acceptors (Lipinski definition) is 1. The molecule has 2 rings (SSSR count). The van der Waals surface area contributed by atoms with Crippen molar-refractivity contribution >= 4 is 22.5 Å². The molecule has 0 radical (unpaired) electrons. The van der Waals surface area contributed by atoms with Gasteiger partial charge in [-0.15, -0.1) is 0 Å². The smallest absolute Gasteiger partial charge is 0.0665 e. The molecule has 0 aliphatic rings. The first-order chi connectivity index (χ1) is 6.74. The molecule has 1 N–H and O–H groups in total. The SMILES string of the molecule is CCC(C)c1ccc2[nH]ncc2c1Cl. The van der Waals surface area contributed by atoms with E-state index in [0.717, 1.165) is 22.3 Å². The zero-order valence-electron chi connectivity index (χ0n) is 8.34. The molecule has 0 spiro atoms. The summed E-state index contributed by atoms with van der Waals surface area (Å²) in [7, 11) is 0. The Morgan fingerprint density at radius 1 is 1.50 bits per heavy atom. The molecule has 1 atom stereocenters. The normalized spacial score (nSPS) is 13.4. The highest BCUT2D eigenvalue weighted by Gasteiger charge is 2.11. The third-order valence-electron chi connectivity index (χ3n) is 2.73. The van der Waals surface area contributed by atoms with Crippen molar-refractivity contribution < 1.29 is 0 Å². The molecular formula is C11H13ClN2. The molecule has 0 aliphatic heterocycles. The second kappa shape index (κ2) is 3.62. The summed E-state index contributed by atoms with van der Waals surface area (Å²) in [5, 5.41) is 8.75. The highest BCUT2D eigenvalue weighted by molar-refractivity contribution is 6.36. The van der Waals surface area contributed by atoms with Crippen LogP contribution in [-0.4, -0.2) is 10.2 Å². The molecule has 14 heavy (non-hydrogen) atoms. The number of benzene rings is 1. The number of nitrogens with zero attached hydrogens (tertiary/aromatic N) is 1. The van der Waals surface area contributed by atoms with Gasteiger partial charge in [0, 0.05) is 5.39 Å². The Morgan fingerprint density at radius 3 is 3.00 bits per heavy atom. The van der Waals surface area contributed by atoms with Gasteiger partial charge in [0.2, 0.25) is 0 Å². The monoisotopic (exact) mass is 208 g/mol. The van der Waals surface area contributed by atoms with E-state index >= 15 is 0 Å². The maximum atomic E-state index is 6.30.